The lowest BCUT2D eigenvalue weighted by Crippen LogP contribution is -2.30. The number of carbonyl (C=O) groups excluding carboxylic acids is 2. The summed E-state index contributed by atoms with van der Waals surface area (Å²) in [7, 11) is 0. The molecule has 3 aromatic carbocycles. The summed E-state index contributed by atoms with van der Waals surface area (Å²) in [5.74, 6) is -1.52. The lowest BCUT2D eigenvalue weighted by Gasteiger charge is -2.26. The zero-order valence-electron chi connectivity index (χ0n) is 15.9. The van der Waals surface area contributed by atoms with Crippen LogP contribution in [0.25, 0.3) is 6.08 Å². The van der Waals surface area contributed by atoms with Crippen LogP contribution in [0.5, 0.6) is 0 Å². The largest absolute Gasteiger partial charge is 0.503 e. The van der Waals surface area contributed by atoms with E-state index in [4.69, 9.17) is 0 Å². The fourth-order valence-electron chi connectivity index (χ4n) is 3.50. The Morgan fingerprint density at radius 2 is 1.50 bits per heavy atom. The smallest absolute Gasteiger partial charge is 0.294 e. The molecule has 0 saturated carbocycles. The van der Waals surface area contributed by atoms with Crippen LogP contribution in [0.15, 0.2) is 107 Å². The van der Waals surface area contributed by atoms with Crippen LogP contribution in [0.1, 0.15) is 17.2 Å². The summed E-state index contributed by atoms with van der Waals surface area (Å²) in [5, 5.41) is 10.7. The summed E-state index contributed by atoms with van der Waals surface area (Å²) in [5.41, 5.74) is 2.27. The molecule has 1 aliphatic rings. The first-order chi connectivity index (χ1) is 14.6. The quantitative estimate of drug-likeness (QED) is 0.502. The van der Waals surface area contributed by atoms with E-state index in [9.17, 15) is 14.7 Å². The number of aliphatic hydroxyl groups excluding tert-OH is 1. The van der Waals surface area contributed by atoms with Gasteiger partial charge in [-0.05, 0) is 41.5 Å². The zero-order chi connectivity index (χ0) is 21.1. The van der Waals surface area contributed by atoms with E-state index < -0.39 is 23.5 Å². The lowest BCUT2D eigenvalue weighted by atomic mass is 9.95. The summed E-state index contributed by atoms with van der Waals surface area (Å²) in [4.78, 5) is 27.5. The van der Waals surface area contributed by atoms with Gasteiger partial charge in [-0.3, -0.25) is 14.5 Å². The molecular formula is C25H18BrNO3. The number of rotatable bonds is 5. The third kappa shape index (κ3) is 3.84. The number of hydrogen-bond donors (Lipinski definition) is 1. The Kier molecular flexibility index (Phi) is 5.63. The van der Waals surface area contributed by atoms with Crippen LogP contribution in [0.2, 0.25) is 0 Å². The van der Waals surface area contributed by atoms with Crippen LogP contribution in [0.3, 0.4) is 0 Å². The van der Waals surface area contributed by atoms with Crippen LogP contribution in [-0.2, 0) is 9.59 Å². The molecule has 0 bridgehead atoms. The van der Waals surface area contributed by atoms with Crippen LogP contribution in [-0.4, -0.2) is 16.8 Å². The van der Waals surface area contributed by atoms with Crippen molar-refractivity contribution in [3.05, 3.63) is 118 Å². The van der Waals surface area contributed by atoms with Crippen molar-refractivity contribution in [3.63, 3.8) is 0 Å². The van der Waals surface area contributed by atoms with Gasteiger partial charge in [0.1, 0.15) is 0 Å². The Hall–Kier alpha value is -3.44. The van der Waals surface area contributed by atoms with Crippen molar-refractivity contribution >= 4 is 39.4 Å². The number of benzene rings is 3. The first-order valence-corrected chi connectivity index (χ1v) is 10.2. The first-order valence-electron chi connectivity index (χ1n) is 9.41. The molecule has 1 amide bonds. The molecule has 148 valence electrons. The molecule has 0 aromatic heterocycles. The average Bonchev–Trinajstić information content (AvgIpc) is 3.04. The van der Waals surface area contributed by atoms with Crippen molar-refractivity contribution in [3.8, 4) is 0 Å². The topological polar surface area (TPSA) is 57.6 Å². The van der Waals surface area contributed by atoms with Crippen molar-refractivity contribution < 1.29 is 14.7 Å². The van der Waals surface area contributed by atoms with Gasteiger partial charge in [-0.25, -0.2) is 0 Å². The van der Waals surface area contributed by atoms with Crippen molar-refractivity contribution in [2.75, 3.05) is 4.90 Å². The number of hydrogen-bond acceptors (Lipinski definition) is 3. The summed E-state index contributed by atoms with van der Waals surface area (Å²) in [6, 6.07) is 25.1. The third-order valence-corrected chi connectivity index (χ3v) is 5.45. The van der Waals surface area contributed by atoms with Gasteiger partial charge in [-0.2, -0.15) is 0 Å². The minimum Gasteiger partial charge on any atom is -0.503 e. The van der Waals surface area contributed by atoms with Crippen molar-refractivity contribution in [2.45, 2.75) is 6.04 Å². The SMILES string of the molecule is O=C(/C=C/c1ccccc1)C1=C(O)C(=O)N(c2ccccc2)C1c1ccc(Br)cc1. The van der Waals surface area contributed by atoms with Crippen molar-refractivity contribution in [1.29, 1.82) is 0 Å². The number of para-hydroxylation sites is 1. The molecule has 0 saturated heterocycles. The molecule has 0 fully saturated rings. The van der Waals surface area contributed by atoms with Gasteiger partial charge >= 0.3 is 0 Å². The molecule has 0 radical (unpaired) electrons. The zero-order valence-corrected chi connectivity index (χ0v) is 17.5. The lowest BCUT2D eigenvalue weighted by molar-refractivity contribution is -0.117. The van der Waals surface area contributed by atoms with E-state index in [0.29, 0.717) is 5.69 Å². The molecule has 3 aromatic rings. The molecule has 0 spiro atoms. The average molecular weight is 460 g/mol. The fourth-order valence-corrected chi connectivity index (χ4v) is 3.76. The molecule has 30 heavy (non-hydrogen) atoms. The fraction of sp³-hybridized carbons (Fsp3) is 0.0400. The highest BCUT2D eigenvalue weighted by atomic mass is 79.9. The van der Waals surface area contributed by atoms with Gasteiger partial charge in [0.25, 0.3) is 5.91 Å². The second-order valence-electron chi connectivity index (χ2n) is 6.84. The monoisotopic (exact) mass is 459 g/mol. The number of aliphatic hydroxyl groups is 1. The summed E-state index contributed by atoms with van der Waals surface area (Å²) >= 11 is 3.41. The second-order valence-corrected chi connectivity index (χ2v) is 7.75. The highest BCUT2D eigenvalue weighted by Gasteiger charge is 2.43. The van der Waals surface area contributed by atoms with E-state index in [1.54, 1.807) is 18.2 Å². The van der Waals surface area contributed by atoms with E-state index in [1.165, 1.54) is 11.0 Å². The van der Waals surface area contributed by atoms with Crippen LogP contribution in [0.4, 0.5) is 5.69 Å². The van der Waals surface area contributed by atoms with E-state index >= 15 is 0 Å². The molecule has 4 nitrogen and oxygen atoms in total. The van der Waals surface area contributed by atoms with Crippen LogP contribution < -0.4 is 4.90 Å². The van der Waals surface area contributed by atoms with E-state index in [2.05, 4.69) is 15.9 Å². The van der Waals surface area contributed by atoms with Gasteiger partial charge in [0.05, 0.1) is 11.6 Å². The predicted molar refractivity (Wildman–Crippen MR) is 121 cm³/mol. The summed E-state index contributed by atoms with van der Waals surface area (Å²) < 4.78 is 0.881. The number of nitrogens with zero attached hydrogens (tertiary/aromatic N) is 1. The second kappa shape index (κ2) is 8.51. The van der Waals surface area contributed by atoms with Gasteiger partial charge in [0.2, 0.25) is 0 Å². The number of amides is 1. The highest BCUT2D eigenvalue weighted by molar-refractivity contribution is 9.10. The van der Waals surface area contributed by atoms with Gasteiger partial charge < -0.3 is 5.11 Å². The normalized spacial score (nSPS) is 16.5. The molecular weight excluding hydrogens is 442 g/mol. The number of anilines is 1. The maximum atomic E-state index is 13.1. The molecule has 0 aliphatic carbocycles. The van der Waals surface area contributed by atoms with Crippen LogP contribution in [0, 0.1) is 0 Å². The Labute approximate surface area is 182 Å². The Morgan fingerprint density at radius 1 is 0.900 bits per heavy atom. The number of allylic oxidation sites excluding steroid dienone is 1. The Balaban J connectivity index is 1.78. The standard InChI is InChI=1S/C25H18BrNO3/c26-19-14-12-18(13-15-19)23-22(21(28)16-11-17-7-3-1-4-8-17)24(29)25(30)27(23)20-9-5-2-6-10-20/h1-16,23,29H/b16-11+. The molecule has 1 atom stereocenters. The Morgan fingerprint density at radius 3 is 2.13 bits per heavy atom. The predicted octanol–water partition coefficient (Wildman–Crippen LogP) is 5.63. The van der Waals surface area contributed by atoms with Gasteiger partial charge in [-0.1, -0.05) is 82.7 Å². The summed E-state index contributed by atoms with van der Waals surface area (Å²) in [6.07, 6.45) is 3.07. The third-order valence-electron chi connectivity index (χ3n) is 4.92. The molecule has 1 N–H and O–H groups in total. The molecule has 1 heterocycles. The molecule has 4 rings (SSSR count). The summed E-state index contributed by atoms with van der Waals surface area (Å²) in [6.45, 7) is 0. The first kappa shape index (κ1) is 19.9. The Bertz CT molecular complexity index is 1140. The maximum absolute atomic E-state index is 13.1. The van der Waals surface area contributed by atoms with Gasteiger partial charge in [-0.15, -0.1) is 0 Å². The maximum Gasteiger partial charge on any atom is 0.294 e. The number of halogens is 1. The van der Waals surface area contributed by atoms with Crippen molar-refractivity contribution in [1.82, 2.24) is 0 Å². The number of carbonyl (C=O) groups is 2. The van der Waals surface area contributed by atoms with E-state index in [1.807, 2.05) is 72.8 Å². The molecule has 1 unspecified atom stereocenters. The van der Waals surface area contributed by atoms with Gasteiger partial charge in [0.15, 0.2) is 11.5 Å². The highest BCUT2D eigenvalue weighted by Crippen LogP contribution is 2.41. The van der Waals surface area contributed by atoms with Crippen LogP contribution >= 0.6 is 15.9 Å². The molecule has 5 heteroatoms. The minimum atomic E-state index is -0.721. The van der Waals surface area contributed by atoms with Crippen molar-refractivity contribution in [2.24, 2.45) is 0 Å². The van der Waals surface area contributed by atoms with E-state index in [-0.39, 0.29) is 5.57 Å². The number of ketones is 1. The minimum absolute atomic E-state index is 0.0679. The molecule has 1 aliphatic heterocycles. The van der Waals surface area contributed by atoms with Gasteiger partial charge in [0, 0.05) is 10.2 Å². The van der Waals surface area contributed by atoms with E-state index in [0.717, 1.165) is 15.6 Å².